The van der Waals surface area contributed by atoms with Crippen LogP contribution in [-0.2, 0) is 6.42 Å². The maximum atomic E-state index is 14.2. The van der Waals surface area contributed by atoms with Gasteiger partial charge in [-0.2, -0.15) is 0 Å². The van der Waals surface area contributed by atoms with Crippen LogP contribution in [0.15, 0.2) is 94.5 Å². The molecule has 198 valence electrons. The molecule has 4 heterocycles. The molecule has 0 saturated heterocycles. The van der Waals surface area contributed by atoms with E-state index in [2.05, 4.69) is 59.8 Å². The Morgan fingerprint density at radius 2 is 1.85 bits per heavy atom. The summed E-state index contributed by atoms with van der Waals surface area (Å²) in [6, 6.07) is 22.3. The van der Waals surface area contributed by atoms with Gasteiger partial charge in [-0.3, -0.25) is 14.3 Å². The van der Waals surface area contributed by atoms with Crippen molar-refractivity contribution in [3.8, 4) is 11.4 Å². The molecule has 2 aliphatic rings. The summed E-state index contributed by atoms with van der Waals surface area (Å²) in [5.41, 5.74) is 9.71. The molecule has 7 heteroatoms. The van der Waals surface area contributed by atoms with Crippen LogP contribution in [0.1, 0.15) is 46.1 Å². The van der Waals surface area contributed by atoms with E-state index in [9.17, 15) is 4.79 Å². The fraction of sp³-hybridized carbons (Fsp3) is 0.182. The van der Waals surface area contributed by atoms with Crippen LogP contribution in [0.25, 0.3) is 17.5 Å². The van der Waals surface area contributed by atoms with Gasteiger partial charge in [0.25, 0.3) is 5.56 Å². The van der Waals surface area contributed by atoms with E-state index in [0.717, 1.165) is 63.6 Å². The lowest BCUT2D eigenvalue weighted by Crippen LogP contribution is -2.39. The molecule has 0 amide bonds. The van der Waals surface area contributed by atoms with Crippen molar-refractivity contribution in [1.29, 1.82) is 0 Å². The second kappa shape index (κ2) is 9.61. The topological polar surface area (TPSA) is 61.4 Å². The third kappa shape index (κ3) is 3.80. The molecule has 3 aromatic heterocycles. The van der Waals surface area contributed by atoms with Crippen molar-refractivity contribution in [2.45, 2.75) is 32.7 Å². The van der Waals surface area contributed by atoms with Crippen molar-refractivity contribution in [2.24, 2.45) is 4.99 Å². The smallest absolute Gasteiger partial charge is 0.271 e. The Hall–Kier alpha value is -4.49. The van der Waals surface area contributed by atoms with Crippen LogP contribution in [0.4, 0.5) is 0 Å². The van der Waals surface area contributed by atoms with Crippen molar-refractivity contribution in [3.63, 3.8) is 0 Å². The molecule has 0 unspecified atom stereocenters. The Kier molecular flexibility index (Phi) is 5.90. The summed E-state index contributed by atoms with van der Waals surface area (Å²) in [7, 11) is 1.69. The standard InChI is InChI=1S/C33H28N4O2S/c1-20-17-23(21(2)36(20)24-10-8-16-34-19-24)18-29-32(38)37-31(26-12-6-7-13-28(26)39-3)27-15-14-22-9-4-5-11-25(22)30(27)35-33(37)40-29/h4-13,16-19,31H,14-15H2,1-3H3/b29-18-/t31-/m0/s1. The normalized spacial score (nSPS) is 16.3. The first-order valence-corrected chi connectivity index (χ1v) is 14.2. The number of methoxy groups -OCH3 is 1. The number of hydrogen-bond donors (Lipinski definition) is 0. The molecule has 1 aliphatic heterocycles. The van der Waals surface area contributed by atoms with Gasteiger partial charge in [0.2, 0.25) is 0 Å². The number of hydrogen-bond acceptors (Lipinski definition) is 5. The van der Waals surface area contributed by atoms with Crippen molar-refractivity contribution in [1.82, 2.24) is 14.1 Å². The number of benzene rings is 2. The van der Waals surface area contributed by atoms with Crippen molar-refractivity contribution >= 4 is 23.1 Å². The van der Waals surface area contributed by atoms with Crippen LogP contribution < -0.4 is 19.6 Å². The quantitative estimate of drug-likeness (QED) is 0.315. The van der Waals surface area contributed by atoms with E-state index in [1.54, 1.807) is 13.3 Å². The largest absolute Gasteiger partial charge is 0.496 e. The Morgan fingerprint density at radius 1 is 1.02 bits per heavy atom. The highest BCUT2D eigenvalue weighted by atomic mass is 32.1. The van der Waals surface area contributed by atoms with E-state index < -0.39 is 0 Å². The van der Waals surface area contributed by atoms with Gasteiger partial charge in [-0.25, -0.2) is 4.99 Å². The molecule has 0 fully saturated rings. The second-order valence-corrected chi connectivity index (χ2v) is 11.2. The van der Waals surface area contributed by atoms with Crippen LogP contribution in [-0.4, -0.2) is 21.2 Å². The van der Waals surface area contributed by atoms with Crippen molar-refractivity contribution < 1.29 is 4.74 Å². The van der Waals surface area contributed by atoms with E-state index >= 15 is 0 Å². The van der Waals surface area contributed by atoms with Gasteiger partial charge >= 0.3 is 0 Å². The van der Waals surface area contributed by atoms with Gasteiger partial charge in [0.1, 0.15) is 5.75 Å². The number of para-hydroxylation sites is 1. The number of allylic oxidation sites excluding steroid dienone is 1. The highest BCUT2D eigenvalue weighted by molar-refractivity contribution is 7.07. The van der Waals surface area contributed by atoms with Gasteiger partial charge in [-0.1, -0.05) is 53.8 Å². The number of aryl methyl sites for hydroxylation is 2. The first-order valence-electron chi connectivity index (χ1n) is 13.4. The summed E-state index contributed by atoms with van der Waals surface area (Å²) in [5, 5.41) is 0. The fourth-order valence-electron chi connectivity index (χ4n) is 6.15. The monoisotopic (exact) mass is 544 g/mol. The Morgan fingerprint density at radius 3 is 2.67 bits per heavy atom. The molecule has 7 rings (SSSR count). The number of rotatable bonds is 4. The zero-order valence-electron chi connectivity index (χ0n) is 22.6. The van der Waals surface area contributed by atoms with Crippen molar-refractivity contribution in [2.75, 3.05) is 7.11 Å². The summed E-state index contributed by atoms with van der Waals surface area (Å²) in [5.74, 6) is 0.773. The van der Waals surface area contributed by atoms with Gasteiger partial charge in [-0.15, -0.1) is 0 Å². The summed E-state index contributed by atoms with van der Waals surface area (Å²) in [4.78, 5) is 24.3. The summed E-state index contributed by atoms with van der Waals surface area (Å²) >= 11 is 1.45. The van der Waals surface area contributed by atoms with Crippen LogP contribution in [0.5, 0.6) is 5.75 Å². The number of ether oxygens (including phenoxy) is 1. The van der Waals surface area contributed by atoms with Gasteiger partial charge in [0, 0.05) is 28.7 Å². The molecule has 0 saturated carbocycles. The van der Waals surface area contributed by atoms with Gasteiger partial charge in [-0.05, 0) is 73.7 Å². The minimum absolute atomic E-state index is 0.0313. The summed E-state index contributed by atoms with van der Waals surface area (Å²) in [6.45, 7) is 4.16. The molecular weight excluding hydrogens is 516 g/mol. The summed E-state index contributed by atoms with van der Waals surface area (Å²) < 4.78 is 10.5. The van der Waals surface area contributed by atoms with Crippen LogP contribution in [0, 0.1) is 13.8 Å². The molecule has 2 aromatic carbocycles. The predicted octanol–water partition coefficient (Wildman–Crippen LogP) is 5.13. The van der Waals surface area contributed by atoms with E-state index in [-0.39, 0.29) is 11.6 Å². The minimum Gasteiger partial charge on any atom is -0.496 e. The Balaban J connectivity index is 1.46. The fourth-order valence-corrected chi connectivity index (χ4v) is 7.14. The number of fused-ring (bicyclic) bond motifs is 3. The average Bonchev–Trinajstić information content (AvgIpc) is 3.45. The molecule has 5 aromatic rings. The molecule has 6 nitrogen and oxygen atoms in total. The number of thiazole rings is 1. The third-order valence-electron chi connectivity index (χ3n) is 7.97. The molecule has 1 aliphatic carbocycles. The third-order valence-corrected chi connectivity index (χ3v) is 8.95. The van der Waals surface area contributed by atoms with Gasteiger partial charge < -0.3 is 9.30 Å². The minimum atomic E-state index is -0.277. The molecule has 0 spiro atoms. The van der Waals surface area contributed by atoms with Gasteiger partial charge in [0.05, 0.1) is 35.3 Å². The lowest BCUT2D eigenvalue weighted by atomic mass is 9.83. The Labute approximate surface area is 235 Å². The second-order valence-electron chi connectivity index (χ2n) is 10.2. The average molecular weight is 545 g/mol. The maximum Gasteiger partial charge on any atom is 0.271 e. The molecule has 40 heavy (non-hydrogen) atoms. The number of pyridine rings is 1. The molecule has 0 N–H and O–H groups in total. The molecular formula is C33H28N4O2S. The molecule has 0 radical (unpaired) electrons. The number of nitrogens with zero attached hydrogens (tertiary/aromatic N) is 4. The predicted molar refractivity (Wildman–Crippen MR) is 159 cm³/mol. The van der Waals surface area contributed by atoms with Crippen molar-refractivity contribution in [3.05, 3.63) is 138 Å². The van der Waals surface area contributed by atoms with Crippen LogP contribution >= 0.6 is 11.3 Å². The Bertz CT molecular complexity index is 2000. The first-order chi connectivity index (χ1) is 19.5. The van der Waals surface area contributed by atoms with Crippen LogP contribution in [0.2, 0.25) is 0 Å². The lowest BCUT2D eigenvalue weighted by molar-refractivity contribution is 0.402. The van der Waals surface area contributed by atoms with E-state index in [4.69, 9.17) is 9.73 Å². The highest BCUT2D eigenvalue weighted by Gasteiger charge is 2.34. The van der Waals surface area contributed by atoms with Gasteiger partial charge in [0.15, 0.2) is 4.80 Å². The van der Waals surface area contributed by atoms with E-state index in [1.165, 1.54) is 16.9 Å². The maximum absolute atomic E-state index is 14.2. The van der Waals surface area contributed by atoms with Crippen LogP contribution in [0.3, 0.4) is 0 Å². The van der Waals surface area contributed by atoms with E-state index in [1.807, 2.05) is 47.2 Å². The van der Waals surface area contributed by atoms with E-state index in [0.29, 0.717) is 9.33 Å². The molecule has 0 bridgehead atoms. The summed E-state index contributed by atoms with van der Waals surface area (Å²) in [6.07, 6.45) is 7.40. The number of aromatic nitrogens is 3. The zero-order valence-corrected chi connectivity index (χ0v) is 23.4. The first kappa shape index (κ1) is 24.5. The molecule has 1 atom stereocenters. The zero-order chi connectivity index (χ0) is 27.4. The lowest BCUT2D eigenvalue weighted by Gasteiger charge is -2.31. The highest BCUT2D eigenvalue weighted by Crippen LogP contribution is 2.43. The SMILES string of the molecule is COc1ccccc1[C@H]1C2=C(N=c3s/c(=C\c4cc(C)n(-c5cccnc5)c4C)c(=O)n31)c1ccccc1CC2.